The number of para-hydroxylation sites is 2. The molecule has 0 bridgehead atoms. The number of ether oxygens (including phenoxy) is 2. The average Bonchev–Trinajstić information content (AvgIpc) is 2.93. The first-order valence-electron chi connectivity index (χ1n) is 12.3. The number of carbonyl (C=O) groups is 2. The van der Waals surface area contributed by atoms with Crippen molar-refractivity contribution in [1.29, 1.82) is 0 Å². The molecule has 1 heterocycles. The van der Waals surface area contributed by atoms with E-state index < -0.39 is 0 Å². The molecule has 1 aliphatic rings. The van der Waals surface area contributed by atoms with Crippen molar-refractivity contribution in [3.8, 4) is 11.5 Å². The van der Waals surface area contributed by atoms with Gasteiger partial charge in [-0.15, -0.1) is 0 Å². The molecule has 3 aromatic rings. The lowest BCUT2D eigenvalue weighted by atomic mass is 10.0. The van der Waals surface area contributed by atoms with Gasteiger partial charge in [0.25, 0.3) is 11.8 Å². The smallest absolute Gasteiger partial charge is 0.255 e. The van der Waals surface area contributed by atoms with Crippen LogP contribution in [0.3, 0.4) is 0 Å². The second-order valence-electron chi connectivity index (χ2n) is 8.81. The van der Waals surface area contributed by atoms with Crippen LogP contribution in [-0.2, 0) is 6.42 Å². The Labute approximate surface area is 212 Å². The fourth-order valence-electron chi connectivity index (χ4n) is 4.51. The molecular formula is C29H33N3O4. The van der Waals surface area contributed by atoms with E-state index in [-0.39, 0.29) is 17.9 Å². The Balaban J connectivity index is 1.31. The first-order valence-corrected chi connectivity index (χ1v) is 12.3. The standard InChI is InChI=1S/C29H33N3O4/c1-35-23-13-11-21(12-14-23)15-18-30-28(33)24-7-3-5-9-26(24)32-19-16-22(17-20-32)31-29(34)25-8-4-6-10-27(25)36-2/h3-14,22H,15-20H2,1-2H3,(H,30,33)(H,31,34). The number of amides is 2. The summed E-state index contributed by atoms with van der Waals surface area (Å²) in [6.07, 6.45) is 2.35. The Morgan fingerprint density at radius 3 is 2.19 bits per heavy atom. The number of hydrogen-bond donors (Lipinski definition) is 2. The zero-order chi connectivity index (χ0) is 25.3. The van der Waals surface area contributed by atoms with Crippen LogP contribution in [0.25, 0.3) is 0 Å². The molecule has 0 saturated carbocycles. The van der Waals surface area contributed by atoms with Crippen molar-refractivity contribution in [3.05, 3.63) is 89.5 Å². The lowest BCUT2D eigenvalue weighted by Crippen LogP contribution is -2.45. The Morgan fingerprint density at radius 2 is 1.50 bits per heavy atom. The number of hydrogen-bond acceptors (Lipinski definition) is 5. The van der Waals surface area contributed by atoms with Gasteiger partial charge in [-0.2, -0.15) is 0 Å². The molecule has 1 fully saturated rings. The summed E-state index contributed by atoms with van der Waals surface area (Å²) >= 11 is 0. The summed E-state index contributed by atoms with van der Waals surface area (Å²) < 4.78 is 10.5. The van der Waals surface area contributed by atoms with E-state index in [1.54, 1.807) is 26.4 Å². The Hall–Kier alpha value is -4.00. The Kier molecular flexibility index (Phi) is 8.44. The molecule has 0 unspecified atom stereocenters. The highest BCUT2D eigenvalue weighted by Gasteiger charge is 2.24. The van der Waals surface area contributed by atoms with Gasteiger partial charge in [-0.25, -0.2) is 0 Å². The number of methoxy groups -OCH3 is 2. The summed E-state index contributed by atoms with van der Waals surface area (Å²) in [6.45, 7) is 2.07. The van der Waals surface area contributed by atoms with Gasteiger partial charge in [0.15, 0.2) is 0 Å². The number of piperidine rings is 1. The summed E-state index contributed by atoms with van der Waals surface area (Å²) in [5.41, 5.74) is 3.28. The van der Waals surface area contributed by atoms with Crippen molar-refractivity contribution >= 4 is 17.5 Å². The molecule has 2 N–H and O–H groups in total. The molecule has 4 rings (SSSR count). The SMILES string of the molecule is COc1ccc(CCNC(=O)c2ccccc2N2CCC(NC(=O)c3ccccc3OC)CC2)cc1. The molecular weight excluding hydrogens is 454 g/mol. The maximum atomic E-state index is 13.0. The molecule has 188 valence electrons. The molecule has 0 spiro atoms. The number of rotatable bonds is 9. The van der Waals surface area contributed by atoms with Crippen LogP contribution in [0.4, 0.5) is 5.69 Å². The second kappa shape index (κ2) is 12.1. The van der Waals surface area contributed by atoms with Crippen LogP contribution in [-0.4, -0.2) is 51.7 Å². The molecule has 1 saturated heterocycles. The predicted molar refractivity (Wildman–Crippen MR) is 141 cm³/mol. The van der Waals surface area contributed by atoms with Gasteiger partial charge in [-0.05, 0) is 61.2 Å². The van der Waals surface area contributed by atoms with E-state index in [9.17, 15) is 9.59 Å². The fourth-order valence-corrected chi connectivity index (χ4v) is 4.51. The third-order valence-corrected chi connectivity index (χ3v) is 6.53. The van der Waals surface area contributed by atoms with Gasteiger partial charge in [0.2, 0.25) is 0 Å². The maximum Gasteiger partial charge on any atom is 0.255 e. The van der Waals surface area contributed by atoms with Crippen LogP contribution in [0, 0.1) is 0 Å². The third kappa shape index (κ3) is 6.16. The number of benzene rings is 3. The van der Waals surface area contributed by atoms with Crippen LogP contribution >= 0.6 is 0 Å². The number of nitrogens with one attached hydrogen (secondary N) is 2. The summed E-state index contributed by atoms with van der Waals surface area (Å²) in [7, 11) is 3.21. The number of carbonyl (C=O) groups excluding carboxylic acids is 2. The molecule has 3 aromatic carbocycles. The maximum absolute atomic E-state index is 13.0. The van der Waals surface area contributed by atoms with Crippen molar-refractivity contribution < 1.29 is 19.1 Å². The van der Waals surface area contributed by atoms with Crippen molar-refractivity contribution in [1.82, 2.24) is 10.6 Å². The quantitative estimate of drug-likeness (QED) is 0.476. The highest BCUT2D eigenvalue weighted by molar-refractivity contribution is 6.00. The van der Waals surface area contributed by atoms with Crippen molar-refractivity contribution in [2.24, 2.45) is 0 Å². The first kappa shape index (κ1) is 25.1. The molecule has 7 heteroatoms. The summed E-state index contributed by atoms with van der Waals surface area (Å²) in [5, 5.41) is 6.19. The van der Waals surface area contributed by atoms with E-state index in [1.807, 2.05) is 60.7 Å². The van der Waals surface area contributed by atoms with E-state index in [0.29, 0.717) is 23.4 Å². The lowest BCUT2D eigenvalue weighted by Gasteiger charge is -2.35. The molecule has 36 heavy (non-hydrogen) atoms. The Morgan fingerprint density at radius 1 is 0.833 bits per heavy atom. The molecule has 0 aromatic heterocycles. The van der Waals surface area contributed by atoms with Gasteiger partial charge in [-0.1, -0.05) is 36.4 Å². The predicted octanol–water partition coefficient (Wildman–Crippen LogP) is 4.08. The second-order valence-corrected chi connectivity index (χ2v) is 8.81. The van der Waals surface area contributed by atoms with Crippen molar-refractivity contribution in [2.45, 2.75) is 25.3 Å². The minimum Gasteiger partial charge on any atom is -0.497 e. The largest absolute Gasteiger partial charge is 0.497 e. The minimum atomic E-state index is -0.123. The van der Waals surface area contributed by atoms with Crippen LogP contribution in [0.15, 0.2) is 72.8 Å². The van der Waals surface area contributed by atoms with E-state index in [4.69, 9.17) is 9.47 Å². The van der Waals surface area contributed by atoms with Gasteiger partial charge in [0.05, 0.1) is 25.3 Å². The minimum absolute atomic E-state index is 0.0733. The fraction of sp³-hybridized carbons (Fsp3) is 0.310. The topological polar surface area (TPSA) is 79.9 Å². The molecule has 7 nitrogen and oxygen atoms in total. The van der Waals surface area contributed by atoms with Crippen molar-refractivity contribution in [3.63, 3.8) is 0 Å². The monoisotopic (exact) mass is 487 g/mol. The number of anilines is 1. The molecule has 0 aliphatic carbocycles. The molecule has 0 atom stereocenters. The highest BCUT2D eigenvalue weighted by Crippen LogP contribution is 2.25. The molecule has 2 amide bonds. The van der Waals surface area contributed by atoms with E-state index in [1.165, 1.54) is 0 Å². The van der Waals surface area contributed by atoms with Crippen LogP contribution in [0.2, 0.25) is 0 Å². The van der Waals surface area contributed by atoms with Crippen molar-refractivity contribution in [2.75, 3.05) is 38.8 Å². The first-order chi connectivity index (χ1) is 17.6. The average molecular weight is 488 g/mol. The third-order valence-electron chi connectivity index (χ3n) is 6.53. The van der Waals surface area contributed by atoms with Gasteiger partial charge in [0, 0.05) is 31.4 Å². The van der Waals surface area contributed by atoms with Gasteiger partial charge < -0.3 is 25.0 Å². The zero-order valence-electron chi connectivity index (χ0n) is 20.8. The zero-order valence-corrected chi connectivity index (χ0v) is 20.8. The number of nitrogens with zero attached hydrogens (tertiary/aromatic N) is 1. The summed E-state index contributed by atoms with van der Waals surface area (Å²) in [6, 6.07) is 22.9. The molecule has 1 aliphatic heterocycles. The van der Waals surface area contributed by atoms with Crippen LogP contribution < -0.4 is 25.0 Å². The van der Waals surface area contributed by atoms with E-state index >= 15 is 0 Å². The summed E-state index contributed by atoms with van der Waals surface area (Å²) in [5.74, 6) is 1.19. The normalized spacial score (nSPS) is 13.7. The Bertz CT molecular complexity index is 1170. The lowest BCUT2D eigenvalue weighted by molar-refractivity contribution is 0.0926. The highest BCUT2D eigenvalue weighted by atomic mass is 16.5. The van der Waals surface area contributed by atoms with Crippen LogP contribution in [0.1, 0.15) is 39.1 Å². The van der Waals surface area contributed by atoms with E-state index in [0.717, 1.165) is 49.4 Å². The summed E-state index contributed by atoms with van der Waals surface area (Å²) in [4.78, 5) is 28.0. The van der Waals surface area contributed by atoms with Gasteiger partial charge >= 0.3 is 0 Å². The van der Waals surface area contributed by atoms with Gasteiger partial charge in [-0.3, -0.25) is 9.59 Å². The van der Waals surface area contributed by atoms with Gasteiger partial charge in [0.1, 0.15) is 11.5 Å². The van der Waals surface area contributed by atoms with E-state index in [2.05, 4.69) is 15.5 Å². The van der Waals surface area contributed by atoms with Crippen LogP contribution in [0.5, 0.6) is 11.5 Å². The molecule has 0 radical (unpaired) electrons.